The van der Waals surface area contributed by atoms with E-state index in [1.165, 1.54) is 0 Å². The van der Waals surface area contributed by atoms with Crippen LogP contribution < -0.4 is 5.32 Å². The Morgan fingerprint density at radius 1 is 1.24 bits per heavy atom. The number of rotatable bonds is 3. The van der Waals surface area contributed by atoms with Crippen LogP contribution in [0.2, 0.25) is 0 Å². The van der Waals surface area contributed by atoms with E-state index in [0.29, 0.717) is 24.2 Å². The number of hydrogen-bond acceptors (Lipinski definition) is 4. The quantitative estimate of drug-likeness (QED) is 0.922. The maximum Gasteiger partial charge on any atom is 0.253 e. The molecule has 7 nitrogen and oxygen atoms in total. The number of nitrogens with zero attached hydrogens (tertiary/aromatic N) is 4. The Balaban J connectivity index is 1.78. The minimum absolute atomic E-state index is 0.0510. The summed E-state index contributed by atoms with van der Waals surface area (Å²) in [6, 6.07) is 6.99. The van der Waals surface area contributed by atoms with Crippen molar-refractivity contribution >= 4 is 11.8 Å². The Labute approximate surface area is 147 Å². The van der Waals surface area contributed by atoms with Crippen LogP contribution in [-0.2, 0) is 0 Å². The van der Waals surface area contributed by atoms with Crippen molar-refractivity contribution in [3.8, 4) is 0 Å². The molecule has 1 aliphatic rings. The normalized spacial score (nSPS) is 17.4. The van der Waals surface area contributed by atoms with Crippen molar-refractivity contribution in [2.24, 2.45) is 0 Å². The van der Waals surface area contributed by atoms with Gasteiger partial charge in [0.2, 0.25) is 0 Å². The zero-order valence-electron chi connectivity index (χ0n) is 14.8. The lowest BCUT2D eigenvalue weighted by molar-refractivity contribution is 0.0671. The number of carbonyl (C=O) groups excluding carboxylic acids is 2. The number of amides is 2. The second-order valence-electron chi connectivity index (χ2n) is 6.36. The summed E-state index contributed by atoms with van der Waals surface area (Å²) < 4.78 is 1.93. The van der Waals surface area contributed by atoms with Gasteiger partial charge >= 0.3 is 0 Å². The Morgan fingerprint density at radius 2 is 2.00 bits per heavy atom. The molecule has 7 heteroatoms. The van der Waals surface area contributed by atoms with Gasteiger partial charge in [0.25, 0.3) is 11.8 Å². The molecule has 1 aromatic heterocycles. The van der Waals surface area contributed by atoms with Crippen LogP contribution in [0.3, 0.4) is 0 Å². The second kappa shape index (κ2) is 7.04. The van der Waals surface area contributed by atoms with Gasteiger partial charge in [-0.25, -0.2) is 9.67 Å². The van der Waals surface area contributed by atoms with Crippen LogP contribution in [0, 0.1) is 13.8 Å². The van der Waals surface area contributed by atoms with E-state index in [-0.39, 0.29) is 17.9 Å². The topological polar surface area (TPSA) is 80.1 Å². The van der Waals surface area contributed by atoms with Gasteiger partial charge in [-0.1, -0.05) is 6.07 Å². The molecule has 2 aromatic rings. The summed E-state index contributed by atoms with van der Waals surface area (Å²) in [6.07, 6.45) is 1.90. The number of aryl methyl sites for hydroxylation is 2. The van der Waals surface area contributed by atoms with Gasteiger partial charge in [0.05, 0.1) is 6.04 Å². The number of likely N-dealkylation sites (tertiary alicyclic amines) is 1. The molecule has 3 rings (SSSR count). The number of nitrogens with one attached hydrogen (secondary N) is 1. The van der Waals surface area contributed by atoms with Crippen LogP contribution in [0.25, 0.3) is 0 Å². The van der Waals surface area contributed by atoms with E-state index in [1.807, 2.05) is 23.4 Å². The van der Waals surface area contributed by atoms with Crippen LogP contribution in [-0.4, -0.2) is 51.6 Å². The molecule has 132 valence electrons. The maximum absolute atomic E-state index is 12.9. The van der Waals surface area contributed by atoms with Crippen molar-refractivity contribution in [1.82, 2.24) is 25.0 Å². The number of piperidine rings is 1. The Hall–Kier alpha value is -2.70. The molecule has 1 saturated heterocycles. The van der Waals surface area contributed by atoms with Crippen LogP contribution in [0.15, 0.2) is 24.3 Å². The number of carbonyl (C=O) groups is 2. The maximum atomic E-state index is 12.9. The number of benzene rings is 1. The molecule has 0 unspecified atom stereocenters. The van der Waals surface area contributed by atoms with E-state index in [9.17, 15) is 9.59 Å². The van der Waals surface area contributed by atoms with E-state index in [2.05, 4.69) is 15.4 Å². The van der Waals surface area contributed by atoms with E-state index in [0.717, 1.165) is 24.5 Å². The molecule has 1 fully saturated rings. The molecule has 0 bridgehead atoms. The van der Waals surface area contributed by atoms with Crippen LogP contribution in [0.1, 0.15) is 51.2 Å². The molecule has 0 radical (unpaired) electrons. The monoisotopic (exact) mass is 341 g/mol. The third-order valence-corrected chi connectivity index (χ3v) is 4.54. The first-order valence-corrected chi connectivity index (χ1v) is 8.50. The largest absolute Gasteiger partial charge is 0.355 e. The molecule has 1 aliphatic heterocycles. The highest BCUT2D eigenvalue weighted by Gasteiger charge is 2.27. The molecule has 0 saturated carbocycles. The molecule has 1 N–H and O–H groups in total. The standard InChI is InChI=1S/C18H23N5O2/c1-12-20-13(2)23(21-12)16-8-5-9-22(11-16)18(25)15-7-4-6-14(10-15)17(24)19-3/h4,6-7,10,16H,5,8-9,11H2,1-3H3,(H,19,24)/t16-/m0/s1. The first-order valence-electron chi connectivity index (χ1n) is 8.50. The highest BCUT2D eigenvalue weighted by Crippen LogP contribution is 2.23. The van der Waals surface area contributed by atoms with Crippen molar-refractivity contribution in [1.29, 1.82) is 0 Å². The van der Waals surface area contributed by atoms with Gasteiger partial charge in [-0.3, -0.25) is 9.59 Å². The summed E-state index contributed by atoms with van der Waals surface area (Å²) in [5.74, 6) is 1.38. The van der Waals surface area contributed by atoms with Crippen molar-refractivity contribution < 1.29 is 9.59 Å². The SMILES string of the molecule is CNC(=O)c1cccc(C(=O)N2CCC[C@H](n3nc(C)nc3C)C2)c1. The Morgan fingerprint density at radius 3 is 2.68 bits per heavy atom. The second-order valence-corrected chi connectivity index (χ2v) is 6.36. The summed E-state index contributed by atoms with van der Waals surface area (Å²) in [6.45, 7) is 5.13. The highest BCUT2D eigenvalue weighted by atomic mass is 16.2. The lowest BCUT2D eigenvalue weighted by atomic mass is 10.0. The van der Waals surface area contributed by atoms with Crippen molar-refractivity contribution in [2.75, 3.05) is 20.1 Å². The van der Waals surface area contributed by atoms with E-state index < -0.39 is 0 Å². The molecule has 2 amide bonds. The van der Waals surface area contributed by atoms with Gasteiger partial charge < -0.3 is 10.2 Å². The zero-order valence-corrected chi connectivity index (χ0v) is 14.8. The molecule has 0 aliphatic carbocycles. The first kappa shape index (κ1) is 17.1. The van der Waals surface area contributed by atoms with Crippen LogP contribution in [0.5, 0.6) is 0 Å². The van der Waals surface area contributed by atoms with Gasteiger partial charge in [0.1, 0.15) is 11.6 Å². The fraction of sp³-hybridized carbons (Fsp3) is 0.444. The predicted octanol–water partition coefficient (Wildman–Crippen LogP) is 1.73. The summed E-state index contributed by atoms with van der Waals surface area (Å²) in [7, 11) is 1.58. The molecular weight excluding hydrogens is 318 g/mol. The first-order chi connectivity index (χ1) is 12.0. The smallest absolute Gasteiger partial charge is 0.253 e. The number of hydrogen-bond donors (Lipinski definition) is 1. The van der Waals surface area contributed by atoms with Gasteiger partial charge in [-0.15, -0.1) is 0 Å². The summed E-state index contributed by atoms with van der Waals surface area (Å²) in [4.78, 5) is 30.9. The minimum Gasteiger partial charge on any atom is -0.355 e. The van der Waals surface area contributed by atoms with Crippen molar-refractivity contribution in [2.45, 2.75) is 32.7 Å². The molecular formula is C18H23N5O2. The molecule has 25 heavy (non-hydrogen) atoms. The van der Waals surface area contributed by atoms with E-state index >= 15 is 0 Å². The number of aromatic nitrogens is 3. The van der Waals surface area contributed by atoms with Crippen LogP contribution >= 0.6 is 0 Å². The summed E-state index contributed by atoms with van der Waals surface area (Å²) in [5.41, 5.74) is 1.03. The van der Waals surface area contributed by atoms with Gasteiger partial charge in [-0.05, 0) is 44.9 Å². The Bertz CT molecular complexity index is 799. The van der Waals surface area contributed by atoms with Gasteiger partial charge in [0, 0.05) is 31.3 Å². The lowest BCUT2D eigenvalue weighted by Crippen LogP contribution is -2.41. The highest BCUT2D eigenvalue weighted by molar-refractivity contribution is 5.99. The predicted molar refractivity (Wildman–Crippen MR) is 93.5 cm³/mol. The van der Waals surface area contributed by atoms with Gasteiger partial charge in [0.15, 0.2) is 0 Å². The average Bonchev–Trinajstić information content (AvgIpc) is 2.98. The lowest BCUT2D eigenvalue weighted by Gasteiger charge is -2.33. The fourth-order valence-corrected chi connectivity index (χ4v) is 3.34. The molecule has 1 atom stereocenters. The minimum atomic E-state index is -0.195. The van der Waals surface area contributed by atoms with Crippen molar-refractivity contribution in [3.05, 3.63) is 47.0 Å². The van der Waals surface area contributed by atoms with E-state index in [1.54, 1.807) is 31.3 Å². The third-order valence-electron chi connectivity index (χ3n) is 4.54. The fourth-order valence-electron chi connectivity index (χ4n) is 3.34. The van der Waals surface area contributed by atoms with E-state index in [4.69, 9.17) is 0 Å². The summed E-state index contributed by atoms with van der Waals surface area (Å²) in [5, 5.41) is 7.05. The van der Waals surface area contributed by atoms with Crippen LogP contribution in [0.4, 0.5) is 0 Å². The summed E-state index contributed by atoms with van der Waals surface area (Å²) >= 11 is 0. The molecule has 2 heterocycles. The Kier molecular flexibility index (Phi) is 4.83. The third kappa shape index (κ3) is 3.55. The average molecular weight is 341 g/mol. The van der Waals surface area contributed by atoms with Crippen molar-refractivity contribution in [3.63, 3.8) is 0 Å². The van der Waals surface area contributed by atoms with Gasteiger partial charge in [-0.2, -0.15) is 5.10 Å². The molecule has 1 aromatic carbocycles. The zero-order chi connectivity index (χ0) is 18.0. The molecule has 0 spiro atoms.